The van der Waals surface area contributed by atoms with Gasteiger partial charge in [-0.25, -0.2) is 4.79 Å². The predicted octanol–water partition coefficient (Wildman–Crippen LogP) is -1.19. The van der Waals surface area contributed by atoms with E-state index < -0.39 is 77.5 Å². The van der Waals surface area contributed by atoms with E-state index in [2.05, 4.69) is 21.3 Å². The van der Waals surface area contributed by atoms with E-state index in [0.717, 1.165) is 5.56 Å². The molecule has 0 unspecified atom stereocenters. The summed E-state index contributed by atoms with van der Waals surface area (Å²) in [4.78, 5) is 87.3. The molecular formula is C30H47N7O8. The number of carboxylic acid groups (broad SMARTS) is 1. The lowest BCUT2D eigenvalue weighted by Crippen LogP contribution is -2.59. The van der Waals surface area contributed by atoms with Crippen molar-refractivity contribution in [3.63, 3.8) is 0 Å². The fraction of sp³-hybridized carbons (Fsp3) is 0.567. The van der Waals surface area contributed by atoms with E-state index in [-0.39, 0.29) is 44.4 Å². The summed E-state index contributed by atoms with van der Waals surface area (Å²) in [6.07, 6.45) is -0.735. The normalized spacial score (nSPS) is 14.4. The van der Waals surface area contributed by atoms with Crippen LogP contribution < -0.4 is 38.5 Å². The van der Waals surface area contributed by atoms with Crippen LogP contribution in [0.25, 0.3) is 0 Å². The molecule has 0 heterocycles. The van der Waals surface area contributed by atoms with Gasteiger partial charge in [0.25, 0.3) is 0 Å². The second kappa shape index (κ2) is 19.0. The molecule has 0 saturated carbocycles. The summed E-state index contributed by atoms with van der Waals surface area (Å²) in [7, 11) is 0. The number of primary amides is 2. The minimum Gasteiger partial charge on any atom is -0.480 e. The highest BCUT2D eigenvalue weighted by Gasteiger charge is 2.33. The molecule has 0 spiro atoms. The number of nitrogens with one attached hydrogen (secondary N) is 4. The first-order valence-corrected chi connectivity index (χ1v) is 14.8. The lowest BCUT2D eigenvalue weighted by Gasteiger charge is -2.27. The maximum Gasteiger partial charge on any atom is 0.326 e. The number of rotatable bonds is 20. The molecule has 5 atom stereocenters. The van der Waals surface area contributed by atoms with Crippen LogP contribution in [-0.2, 0) is 40.0 Å². The molecule has 11 N–H and O–H groups in total. The largest absolute Gasteiger partial charge is 0.480 e. The van der Waals surface area contributed by atoms with Gasteiger partial charge in [0.15, 0.2) is 0 Å². The van der Waals surface area contributed by atoms with E-state index in [9.17, 15) is 38.7 Å². The summed E-state index contributed by atoms with van der Waals surface area (Å²) >= 11 is 0. The zero-order valence-electron chi connectivity index (χ0n) is 26.2. The molecule has 0 bridgehead atoms. The summed E-state index contributed by atoms with van der Waals surface area (Å²) in [6.45, 7) is 6.81. The molecule has 15 heteroatoms. The van der Waals surface area contributed by atoms with Crippen LogP contribution in [0.2, 0.25) is 0 Å². The van der Waals surface area contributed by atoms with Crippen molar-refractivity contribution in [2.75, 3.05) is 0 Å². The van der Waals surface area contributed by atoms with E-state index in [1.165, 1.54) is 0 Å². The van der Waals surface area contributed by atoms with Crippen molar-refractivity contribution < 1.29 is 38.7 Å². The lowest BCUT2D eigenvalue weighted by molar-refractivity contribution is -0.143. The zero-order valence-corrected chi connectivity index (χ0v) is 26.2. The Bertz CT molecular complexity index is 1190. The SMILES string of the molecule is CC(C)C[C@H](NC(=O)[C@@H](N)Cc1ccccc1)C(=O)N[C@@H](CCC(N)=O)C(=O)N[C@@H](CCC(N)=O)C(=O)N[C@H](C(=O)O)C(C)C. The third kappa shape index (κ3) is 14.7. The van der Waals surface area contributed by atoms with Crippen molar-refractivity contribution in [3.8, 4) is 0 Å². The molecule has 6 amide bonds. The Hall–Kier alpha value is -4.53. The van der Waals surface area contributed by atoms with Crippen LogP contribution in [0.3, 0.4) is 0 Å². The number of aliphatic carboxylic acids is 1. The molecule has 0 aliphatic rings. The standard InChI is InChI=1S/C30H47N7O8/c1-16(2)14-22(36-26(40)19(31)15-18-8-6-5-7-9-18)29(43)35-20(10-12-23(32)38)27(41)34-21(11-13-24(33)39)28(42)37-25(17(3)4)30(44)45/h5-9,16-17,19-22,25H,10-15,31H2,1-4H3,(H2,32,38)(H2,33,39)(H,34,41)(H,35,43)(H,36,40)(H,37,42)(H,44,45)/t19-,20-,21-,22-,25-/m0/s1. The number of nitrogens with two attached hydrogens (primary N) is 3. The lowest BCUT2D eigenvalue weighted by atomic mass is 10.0. The molecule has 45 heavy (non-hydrogen) atoms. The minimum atomic E-state index is -1.40. The Morgan fingerprint density at radius 3 is 1.56 bits per heavy atom. The number of carbonyl (C=O) groups is 7. The van der Waals surface area contributed by atoms with Gasteiger partial charge in [0, 0.05) is 12.8 Å². The highest BCUT2D eigenvalue weighted by Crippen LogP contribution is 2.10. The highest BCUT2D eigenvalue weighted by molar-refractivity contribution is 5.96. The second-order valence-electron chi connectivity index (χ2n) is 11.7. The van der Waals surface area contributed by atoms with Crippen LogP contribution in [0, 0.1) is 11.8 Å². The van der Waals surface area contributed by atoms with E-state index in [1.54, 1.807) is 13.8 Å². The first kappa shape index (κ1) is 38.5. The first-order chi connectivity index (χ1) is 21.0. The molecule has 0 fully saturated rings. The maximum absolute atomic E-state index is 13.4. The molecule has 0 aliphatic heterocycles. The van der Waals surface area contributed by atoms with Gasteiger partial charge in [-0.15, -0.1) is 0 Å². The Morgan fingerprint density at radius 1 is 0.689 bits per heavy atom. The van der Waals surface area contributed by atoms with Gasteiger partial charge in [0.1, 0.15) is 24.2 Å². The van der Waals surface area contributed by atoms with Crippen molar-refractivity contribution >= 4 is 41.4 Å². The molecule has 0 aromatic heterocycles. The summed E-state index contributed by atoms with van der Waals surface area (Å²) < 4.78 is 0. The Morgan fingerprint density at radius 2 is 1.13 bits per heavy atom. The van der Waals surface area contributed by atoms with Crippen LogP contribution in [0.4, 0.5) is 0 Å². The van der Waals surface area contributed by atoms with Crippen molar-refractivity contribution in [2.24, 2.45) is 29.0 Å². The number of carboxylic acids is 1. The minimum absolute atomic E-state index is 0.0608. The molecule has 1 rings (SSSR count). The van der Waals surface area contributed by atoms with E-state index in [0.29, 0.717) is 0 Å². The second-order valence-corrected chi connectivity index (χ2v) is 11.7. The van der Waals surface area contributed by atoms with Gasteiger partial charge in [-0.1, -0.05) is 58.0 Å². The van der Waals surface area contributed by atoms with Gasteiger partial charge in [-0.2, -0.15) is 0 Å². The quantitative estimate of drug-likeness (QED) is 0.0857. The topological polar surface area (TPSA) is 266 Å². The van der Waals surface area contributed by atoms with Gasteiger partial charge in [-0.05, 0) is 43.1 Å². The number of amides is 6. The van der Waals surface area contributed by atoms with Crippen LogP contribution in [0.15, 0.2) is 30.3 Å². The molecule has 0 saturated heterocycles. The third-order valence-electron chi connectivity index (χ3n) is 6.83. The van der Waals surface area contributed by atoms with Crippen LogP contribution in [0.5, 0.6) is 0 Å². The Kier molecular flexibility index (Phi) is 16.2. The highest BCUT2D eigenvalue weighted by atomic mass is 16.4. The van der Waals surface area contributed by atoms with Gasteiger partial charge in [0.05, 0.1) is 6.04 Å². The molecule has 1 aromatic rings. The van der Waals surface area contributed by atoms with Crippen LogP contribution in [-0.4, -0.2) is 76.7 Å². The summed E-state index contributed by atoms with van der Waals surface area (Å²) in [6, 6.07) is 2.93. The molecular weight excluding hydrogens is 586 g/mol. The third-order valence-corrected chi connectivity index (χ3v) is 6.83. The van der Waals surface area contributed by atoms with Crippen molar-refractivity contribution in [1.82, 2.24) is 21.3 Å². The van der Waals surface area contributed by atoms with Gasteiger partial charge < -0.3 is 43.6 Å². The van der Waals surface area contributed by atoms with Gasteiger partial charge >= 0.3 is 5.97 Å². The van der Waals surface area contributed by atoms with Gasteiger partial charge in [0.2, 0.25) is 35.4 Å². The Balaban J connectivity index is 3.16. The van der Waals surface area contributed by atoms with E-state index in [1.807, 2.05) is 44.2 Å². The number of hydrogen-bond acceptors (Lipinski definition) is 8. The van der Waals surface area contributed by atoms with Crippen LogP contribution in [0.1, 0.15) is 65.4 Å². The predicted molar refractivity (Wildman–Crippen MR) is 165 cm³/mol. The molecule has 0 radical (unpaired) electrons. The Labute approximate surface area is 262 Å². The monoisotopic (exact) mass is 633 g/mol. The average molecular weight is 634 g/mol. The van der Waals surface area contributed by atoms with Crippen LogP contribution >= 0.6 is 0 Å². The van der Waals surface area contributed by atoms with Gasteiger partial charge in [-0.3, -0.25) is 28.8 Å². The van der Waals surface area contributed by atoms with Crippen molar-refractivity contribution in [2.45, 2.75) is 96.4 Å². The molecule has 250 valence electrons. The zero-order chi connectivity index (χ0) is 34.3. The molecule has 0 aliphatic carbocycles. The fourth-order valence-corrected chi connectivity index (χ4v) is 4.37. The fourth-order valence-electron chi connectivity index (χ4n) is 4.37. The number of hydrogen-bond donors (Lipinski definition) is 8. The molecule has 1 aromatic carbocycles. The summed E-state index contributed by atoms with van der Waals surface area (Å²) in [5.74, 6) is -6.50. The van der Waals surface area contributed by atoms with Crippen molar-refractivity contribution in [3.05, 3.63) is 35.9 Å². The van der Waals surface area contributed by atoms with E-state index >= 15 is 0 Å². The maximum atomic E-state index is 13.4. The summed E-state index contributed by atoms with van der Waals surface area (Å²) in [5.41, 5.74) is 17.4. The smallest absolute Gasteiger partial charge is 0.326 e. The number of benzene rings is 1. The first-order valence-electron chi connectivity index (χ1n) is 14.8. The number of carbonyl (C=O) groups excluding carboxylic acids is 6. The van der Waals surface area contributed by atoms with Crippen molar-refractivity contribution in [1.29, 1.82) is 0 Å². The average Bonchev–Trinajstić information content (AvgIpc) is 2.94. The van der Waals surface area contributed by atoms with E-state index in [4.69, 9.17) is 17.2 Å². The molecule has 15 nitrogen and oxygen atoms in total. The summed E-state index contributed by atoms with van der Waals surface area (Å²) in [5, 5.41) is 19.4.